The molecule has 0 unspecified atom stereocenters. The lowest BCUT2D eigenvalue weighted by Gasteiger charge is -2.29. The number of aliphatic hydroxyl groups excluding tert-OH is 1. The Balaban J connectivity index is 2.04. The molecule has 10 heteroatoms. The minimum Gasteiger partial charge on any atom is -0.492 e. The number of nitrogens with zero attached hydrogens (tertiary/aromatic N) is 3. The van der Waals surface area contributed by atoms with Gasteiger partial charge in [0.2, 0.25) is 11.8 Å². The Morgan fingerprint density at radius 1 is 1.11 bits per heavy atom. The molecule has 2 aromatic rings. The summed E-state index contributed by atoms with van der Waals surface area (Å²) in [5, 5.41) is 10.7. The lowest BCUT2D eigenvalue weighted by molar-refractivity contribution is -0.117. The van der Waals surface area contributed by atoms with Gasteiger partial charge in [0, 0.05) is 25.7 Å². The number of nitrogens with two attached hydrogens (primary N) is 1. The molecule has 0 aliphatic heterocycles. The maximum Gasteiger partial charge on any atom is 0.410 e. The fraction of sp³-hybridized carbons (Fsp3) is 0.440. The summed E-state index contributed by atoms with van der Waals surface area (Å²) in [5.41, 5.74) is 5.76. The van der Waals surface area contributed by atoms with Crippen molar-refractivity contribution in [1.82, 2.24) is 9.88 Å². The maximum atomic E-state index is 12.8. The van der Waals surface area contributed by atoms with Crippen LogP contribution in [0.2, 0.25) is 0 Å². The molecule has 1 aromatic carbocycles. The SMILES string of the molecule is CC(=O)N(C)c1ccc([C@@H](O)CN(CCOc2ccc(CC(N)=O)cc2)C(=O)OC(C)(C)C)cn1. The average Bonchev–Trinajstić information content (AvgIpc) is 2.77. The number of hydrogen-bond acceptors (Lipinski definition) is 7. The first-order chi connectivity index (χ1) is 16.4. The molecule has 1 atom stereocenters. The van der Waals surface area contributed by atoms with Crippen molar-refractivity contribution in [3.05, 3.63) is 53.7 Å². The molecule has 3 N–H and O–H groups in total. The molecule has 3 amide bonds. The number of aromatic nitrogens is 1. The zero-order valence-corrected chi connectivity index (χ0v) is 20.9. The second-order valence-corrected chi connectivity index (χ2v) is 9.11. The van der Waals surface area contributed by atoms with E-state index in [0.717, 1.165) is 5.56 Å². The van der Waals surface area contributed by atoms with Gasteiger partial charge >= 0.3 is 6.09 Å². The van der Waals surface area contributed by atoms with Crippen molar-refractivity contribution in [3.63, 3.8) is 0 Å². The zero-order valence-electron chi connectivity index (χ0n) is 20.9. The van der Waals surface area contributed by atoms with E-state index in [0.29, 0.717) is 17.1 Å². The van der Waals surface area contributed by atoms with Gasteiger partial charge in [-0.2, -0.15) is 0 Å². The molecule has 0 radical (unpaired) electrons. The second-order valence-electron chi connectivity index (χ2n) is 9.11. The first kappa shape index (κ1) is 27.6. The van der Waals surface area contributed by atoms with E-state index in [-0.39, 0.29) is 32.0 Å². The van der Waals surface area contributed by atoms with Gasteiger partial charge in [0.05, 0.1) is 25.6 Å². The summed E-state index contributed by atoms with van der Waals surface area (Å²) < 4.78 is 11.2. The minimum absolute atomic E-state index is 0.0423. The molecule has 1 heterocycles. The molecule has 0 saturated carbocycles. The fourth-order valence-corrected chi connectivity index (χ4v) is 3.03. The van der Waals surface area contributed by atoms with Gasteiger partial charge in [0.25, 0.3) is 0 Å². The van der Waals surface area contributed by atoms with Crippen LogP contribution in [0, 0.1) is 0 Å². The van der Waals surface area contributed by atoms with Gasteiger partial charge in [0.1, 0.15) is 23.8 Å². The Hall–Kier alpha value is -3.66. The van der Waals surface area contributed by atoms with Crippen LogP contribution in [0.1, 0.15) is 44.9 Å². The van der Waals surface area contributed by atoms with Crippen molar-refractivity contribution in [2.75, 3.05) is 31.6 Å². The first-order valence-corrected chi connectivity index (χ1v) is 11.2. The average molecular weight is 487 g/mol. The number of primary amides is 1. The normalized spacial score (nSPS) is 11.9. The highest BCUT2D eigenvalue weighted by Gasteiger charge is 2.25. The molecule has 2 rings (SSSR count). The largest absolute Gasteiger partial charge is 0.492 e. The number of ether oxygens (including phenoxy) is 2. The van der Waals surface area contributed by atoms with E-state index in [1.165, 1.54) is 22.9 Å². The molecule has 10 nitrogen and oxygen atoms in total. The second kappa shape index (κ2) is 12.2. The molecule has 35 heavy (non-hydrogen) atoms. The van der Waals surface area contributed by atoms with E-state index in [9.17, 15) is 19.5 Å². The van der Waals surface area contributed by atoms with Crippen molar-refractivity contribution in [3.8, 4) is 5.75 Å². The molecule has 0 saturated heterocycles. The van der Waals surface area contributed by atoms with Crippen LogP contribution in [0.4, 0.5) is 10.6 Å². The molecule has 0 bridgehead atoms. The number of pyridine rings is 1. The van der Waals surface area contributed by atoms with Crippen molar-refractivity contribution in [1.29, 1.82) is 0 Å². The van der Waals surface area contributed by atoms with E-state index in [1.807, 2.05) is 0 Å². The van der Waals surface area contributed by atoms with Crippen LogP contribution in [0.25, 0.3) is 0 Å². The van der Waals surface area contributed by atoms with Gasteiger partial charge in [-0.15, -0.1) is 0 Å². The van der Waals surface area contributed by atoms with Crippen LogP contribution in [0.3, 0.4) is 0 Å². The standard InChI is InChI=1S/C25H34N4O6/c1-17(30)28(5)23-11-8-19(15-27-23)21(31)16-29(24(33)35-25(2,3)4)12-13-34-20-9-6-18(7-10-20)14-22(26)32/h6-11,15,21,31H,12-14,16H2,1-5H3,(H2,26,32)/t21-/m0/s1. The van der Waals surface area contributed by atoms with E-state index >= 15 is 0 Å². The van der Waals surface area contributed by atoms with Crippen LogP contribution < -0.4 is 15.4 Å². The summed E-state index contributed by atoms with van der Waals surface area (Å²) >= 11 is 0. The lowest BCUT2D eigenvalue weighted by Crippen LogP contribution is -2.41. The van der Waals surface area contributed by atoms with E-state index in [4.69, 9.17) is 15.2 Å². The fourth-order valence-electron chi connectivity index (χ4n) is 3.03. The molecular formula is C25H34N4O6. The van der Waals surface area contributed by atoms with Gasteiger partial charge in [-0.1, -0.05) is 18.2 Å². The predicted octanol–water partition coefficient (Wildman–Crippen LogP) is 2.44. The van der Waals surface area contributed by atoms with E-state index in [2.05, 4.69) is 4.98 Å². The molecule has 0 aliphatic carbocycles. The van der Waals surface area contributed by atoms with Crippen molar-refractivity contribution in [2.24, 2.45) is 5.73 Å². The minimum atomic E-state index is -1.03. The summed E-state index contributed by atoms with van der Waals surface area (Å²) in [6.45, 7) is 6.99. The quantitative estimate of drug-likeness (QED) is 0.526. The number of amides is 3. The highest BCUT2D eigenvalue weighted by Crippen LogP contribution is 2.19. The number of rotatable bonds is 10. The number of benzene rings is 1. The first-order valence-electron chi connectivity index (χ1n) is 11.2. The smallest absolute Gasteiger partial charge is 0.410 e. The number of aliphatic hydroxyl groups is 1. The summed E-state index contributed by atoms with van der Waals surface area (Å²) in [5.74, 6) is 0.440. The topological polar surface area (TPSA) is 135 Å². The van der Waals surface area contributed by atoms with E-state index < -0.39 is 23.7 Å². The molecule has 190 valence electrons. The summed E-state index contributed by atoms with van der Waals surface area (Å²) in [6, 6.07) is 10.2. The third-order valence-electron chi connectivity index (χ3n) is 4.95. The molecular weight excluding hydrogens is 452 g/mol. The van der Waals surface area contributed by atoms with Crippen molar-refractivity contribution < 1.29 is 29.0 Å². The Morgan fingerprint density at radius 3 is 2.29 bits per heavy atom. The summed E-state index contributed by atoms with van der Waals surface area (Å²) in [4.78, 5) is 42.3. The molecule has 0 fully saturated rings. The highest BCUT2D eigenvalue weighted by molar-refractivity contribution is 5.89. The molecule has 1 aromatic heterocycles. The molecule has 0 aliphatic rings. The van der Waals surface area contributed by atoms with E-state index in [1.54, 1.807) is 64.2 Å². The van der Waals surface area contributed by atoms with Gasteiger partial charge in [-0.25, -0.2) is 9.78 Å². The van der Waals surface area contributed by atoms with Gasteiger partial charge in [-0.05, 0) is 44.5 Å². The van der Waals surface area contributed by atoms with Crippen molar-refractivity contribution >= 4 is 23.7 Å². The van der Waals surface area contributed by atoms with Gasteiger partial charge < -0.3 is 30.1 Å². The van der Waals surface area contributed by atoms with Crippen LogP contribution in [0.5, 0.6) is 5.75 Å². The van der Waals surface area contributed by atoms with Crippen LogP contribution in [-0.2, 0) is 20.7 Å². The zero-order chi connectivity index (χ0) is 26.2. The molecule has 0 spiro atoms. The predicted molar refractivity (Wildman–Crippen MR) is 131 cm³/mol. The maximum absolute atomic E-state index is 12.8. The van der Waals surface area contributed by atoms with Crippen LogP contribution in [0.15, 0.2) is 42.6 Å². The van der Waals surface area contributed by atoms with Gasteiger partial charge in [0.15, 0.2) is 0 Å². The Bertz CT molecular complexity index is 1000. The third-order valence-corrected chi connectivity index (χ3v) is 4.95. The highest BCUT2D eigenvalue weighted by atomic mass is 16.6. The number of carbonyl (C=O) groups excluding carboxylic acids is 3. The Morgan fingerprint density at radius 2 is 1.77 bits per heavy atom. The Labute approximate surface area is 205 Å². The number of carbonyl (C=O) groups is 3. The van der Waals surface area contributed by atoms with Crippen molar-refractivity contribution in [2.45, 2.75) is 45.8 Å². The van der Waals surface area contributed by atoms with Crippen LogP contribution >= 0.6 is 0 Å². The van der Waals surface area contributed by atoms with Gasteiger partial charge in [-0.3, -0.25) is 9.59 Å². The lowest BCUT2D eigenvalue weighted by atomic mass is 10.1. The van der Waals surface area contributed by atoms with Crippen LogP contribution in [-0.4, -0.2) is 65.2 Å². The third kappa shape index (κ3) is 9.24. The number of anilines is 1. The summed E-state index contributed by atoms with van der Waals surface area (Å²) in [6.07, 6.45) is 0.000107. The number of hydrogen-bond donors (Lipinski definition) is 2. The monoisotopic (exact) mass is 486 g/mol. The Kier molecular flexibility index (Phi) is 9.59. The summed E-state index contributed by atoms with van der Waals surface area (Å²) in [7, 11) is 1.61.